The Morgan fingerprint density at radius 3 is 1.58 bits per heavy atom. The molecule has 6 fully saturated rings. The summed E-state index contributed by atoms with van der Waals surface area (Å²) in [5.74, 6) is 2.90. The normalized spacial score (nSPS) is 19.7. The Kier molecular flexibility index (Phi) is 20.2. The zero-order chi connectivity index (χ0) is 72.7. The van der Waals surface area contributed by atoms with E-state index in [4.69, 9.17) is 46.8 Å². The summed E-state index contributed by atoms with van der Waals surface area (Å²) in [4.78, 5) is 80.2. The van der Waals surface area contributed by atoms with Crippen LogP contribution in [0.2, 0.25) is 0 Å². The molecule has 0 unspecified atom stereocenters. The molecule has 9 aliphatic rings. The predicted octanol–water partition coefficient (Wildman–Crippen LogP) is 9.26. The van der Waals surface area contributed by atoms with Crippen molar-refractivity contribution in [1.82, 2.24) is 60.0 Å². The number of ether oxygens (including phenoxy) is 6. The van der Waals surface area contributed by atoms with E-state index in [-0.39, 0.29) is 86.4 Å². The van der Waals surface area contributed by atoms with Gasteiger partial charge in [0.05, 0.1) is 69.2 Å². The highest BCUT2D eigenvalue weighted by Crippen LogP contribution is 2.58. The zero-order valence-electron chi connectivity index (χ0n) is 59.9. The predicted molar refractivity (Wildman–Crippen MR) is 377 cm³/mol. The van der Waals surface area contributed by atoms with Crippen molar-refractivity contribution in [1.29, 1.82) is 0 Å². The summed E-state index contributed by atoms with van der Waals surface area (Å²) in [5.41, 5.74) is 10.8. The van der Waals surface area contributed by atoms with E-state index in [1.807, 2.05) is 98.5 Å². The molecule has 5 aliphatic heterocycles. The van der Waals surface area contributed by atoms with Gasteiger partial charge in [-0.1, -0.05) is 60.7 Å². The van der Waals surface area contributed by atoms with Crippen LogP contribution in [-0.2, 0) is 92.2 Å². The molecule has 554 valence electrons. The lowest BCUT2D eigenvalue weighted by Crippen LogP contribution is -2.62. The second-order valence-electron chi connectivity index (χ2n) is 29.3. The van der Waals surface area contributed by atoms with E-state index >= 15 is 4.39 Å². The van der Waals surface area contributed by atoms with E-state index in [1.165, 1.54) is 20.0 Å². The van der Waals surface area contributed by atoms with Gasteiger partial charge in [0.15, 0.2) is 22.9 Å². The fourth-order valence-corrected chi connectivity index (χ4v) is 15.4. The van der Waals surface area contributed by atoms with Crippen LogP contribution in [0, 0.1) is 26.7 Å². The molecule has 2 aromatic carbocycles. The molecule has 28 heteroatoms. The molecular formula is C77H89FN12O15. The molecule has 1 spiro atoms. The minimum absolute atomic E-state index is 0.0293. The number of carbonyl (C=O) groups is 6. The number of carbonyl (C=O) groups excluding carboxylic acids is 6. The molecule has 4 aliphatic carbocycles. The molecule has 8 aromatic rings. The highest BCUT2D eigenvalue weighted by molar-refractivity contribution is 5.97. The van der Waals surface area contributed by atoms with Crippen molar-refractivity contribution in [3.05, 3.63) is 158 Å². The molecule has 6 amide bonds. The van der Waals surface area contributed by atoms with Crippen molar-refractivity contribution in [2.24, 2.45) is 5.92 Å². The molecular weight excluding hydrogens is 1350 g/mol. The Labute approximate surface area is 606 Å². The van der Waals surface area contributed by atoms with Gasteiger partial charge >= 0.3 is 18.2 Å². The lowest BCUT2D eigenvalue weighted by atomic mass is 9.82. The van der Waals surface area contributed by atoms with Crippen LogP contribution in [0.3, 0.4) is 0 Å². The number of rotatable bonds is 17. The van der Waals surface area contributed by atoms with Crippen molar-refractivity contribution in [2.75, 3.05) is 92.9 Å². The number of hydrogen-bond donors (Lipinski definition) is 3. The SMILES string of the molecule is Cc1c(C(=O)NC[C@@H]2CCCO2)oc2c1-c1nn(CC3(F)CN(C(=O)OCc4ccccc4)C3)cc1CC2.Cc1c(C(=O)NC[C@@H]2CCCO2)oc2c1-c1nn(CC3CN(C(=O)OCc4ccccc4)C3)cc1CC2.Cc1c(C(=O)NC[C@@H]2COCCO2)oc2c1-c1nn(C(=O)N(C)C)cc1C1(CC1)C2. The fourth-order valence-electron chi connectivity index (χ4n) is 15.4. The molecule has 3 N–H and O–H groups in total. The second kappa shape index (κ2) is 29.9. The van der Waals surface area contributed by atoms with Crippen LogP contribution in [0.25, 0.3) is 33.8 Å². The van der Waals surface area contributed by atoms with E-state index in [0.29, 0.717) is 88.6 Å². The molecule has 1 saturated carbocycles. The van der Waals surface area contributed by atoms with Gasteiger partial charge in [-0.15, -0.1) is 0 Å². The Bertz CT molecular complexity index is 4530. The largest absolute Gasteiger partial charge is 0.455 e. The maximum Gasteiger partial charge on any atom is 0.410 e. The van der Waals surface area contributed by atoms with Crippen LogP contribution in [0.1, 0.15) is 132 Å². The molecule has 3 atom stereocenters. The molecule has 11 heterocycles. The molecule has 0 bridgehead atoms. The number of likely N-dealkylation sites (tertiary alicyclic amines) is 2. The second-order valence-corrected chi connectivity index (χ2v) is 29.3. The topological polar surface area (TPSA) is 296 Å². The van der Waals surface area contributed by atoms with E-state index in [1.54, 1.807) is 23.7 Å². The van der Waals surface area contributed by atoms with E-state index in [2.05, 4.69) is 32.3 Å². The first-order chi connectivity index (χ1) is 50.8. The average molecular weight is 1440 g/mol. The Morgan fingerprint density at radius 1 is 0.581 bits per heavy atom. The highest BCUT2D eigenvalue weighted by atomic mass is 19.1. The fraction of sp³-hybridized carbons (Fsp3) is 0.494. The van der Waals surface area contributed by atoms with Crippen molar-refractivity contribution < 1.29 is 74.8 Å². The molecule has 105 heavy (non-hydrogen) atoms. The minimum Gasteiger partial charge on any atom is -0.455 e. The number of amides is 6. The average Bonchev–Trinajstić information content (AvgIpc) is 1.55. The summed E-state index contributed by atoms with van der Waals surface area (Å²) in [5, 5.41) is 22.9. The smallest absolute Gasteiger partial charge is 0.410 e. The first-order valence-electron chi connectivity index (χ1n) is 36.5. The minimum atomic E-state index is -1.58. The third-order valence-corrected chi connectivity index (χ3v) is 21.2. The number of hydrogen-bond acceptors (Lipinski definition) is 18. The van der Waals surface area contributed by atoms with Gasteiger partial charge in [-0.05, 0) is 94.4 Å². The molecule has 27 nitrogen and oxygen atoms in total. The van der Waals surface area contributed by atoms with Gasteiger partial charge in [-0.25, -0.2) is 18.8 Å². The Balaban J connectivity index is 0.000000127. The number of nitrogens with zero attached hydrogens (tertiary/aromatic N) is 9. The van der Waals surface area contributed by atoms with Crippen LogP contribution in [0.15, 0.2) is 92.5 Å². The first-order valence-corrected chi connectivity index (χ1v) is 36.5. The number of halogens is 1. The van der Waals surface area contributed by atoms with Crippen molar-refractivity contribution in [3.63, 3.8) is 0 Å². The van der Waals surface area contributed by atoms with Gasteiger partial charge in [0, 0.05) is 155 Å². The van der Waals surface area contributed by atoms with Crippen LogP contribution >= 0.6 is 0 Å². The van der Waals surface area contributed by atoms with E-state index in [0.717, 1.165) is 168 Å². The first kappa shape index (κ1) is 70.7. The van der Waals surface area contributed by atoms with Gasteiger partial charge in [0.1, 0.15) is 36.2 Å². The standard InChI is InChI=1S/C28H31FN4O5.C28H32N4O5.C21H26N4O5/c1-18-23-22(38-25(18)26(34)30-12-21-8-5-11-36-21)10-9-20-13-33(31-24(20)23)17-28(29)15-32(16-28)27(35)37-14-19-6-3-2-4-7-19;1-18-24-23(37-26(18)27(33)29-12-22-8-5-11-35-22)10-9-21-16-32(30-25(21)24)15-20-13-31(14-20)28(34)36-17-19-6-3-2-4-7-19;1-12-16-15(30-18(12)19(26)22-9-13-11-28-6-7-29-13)8-21(4-5-21)14-10-25(23-17(14)16)20(27)24(2)3/h2-4,6-7,13,21H,5,8-12,14-17H2,1H3,(H,30,34);2-4,6-7,16,20,22H,5,8-15,17H2,1H3,(H,29,33);10,13H,4-9,11H2,1-3H3,(H,22,26)/t21-;22-;13-/m001/s1. The summed E-state index contributed by atoms with van der Waals surface area (Å²) in [6, 6.07) is 18.9. The number of benzene rings is 2. The lowest BCUT2D eigenvalue weighted by molar-refractivity contribution is -0.0856. The molecule has 17 rings (SSSR count). The quantitative estimate of drug-likeness (QED) is 0.0765. The van der Waals surface area contributed by atoms with Crippen LogP contribution in [-0.4, -0.2) is 197 Å². The molecule has 6 aromatic heterocycles. The van der Waals surface area contributed by atoms with Crippen molar-refractivity contribution >= 4 is 35.9 Å². The molecule has 5 saturated heterocycles. The van der Waals surface area contributed by atoms with Crippen LogP contribution < -0.4 is 16.0 Å². The van der Waals surface area contributed by atoms with Crippen molar-refractivity contribution in [3.8, 4) is 33.8 Å². The summed E-state index contributed by atoms with van der Waals surface area (Å²) >= 11 is 0. The van der Waals surface area contributed by atoms with E-state index in [9.17, 15) is 28.8 Å². The number of fused-ring (bicyclic) bond motifs is 10. The summed E-state index contributed by atoms with van der Waals surface area (Å²) < 4.78 is 71.4. The summed E-state index contributed by atoms with van der Waals surface area (Å²) in [7, 11) is 3.40. The van der Waals surface area contributed by atoms with Crippen molar-refractivity contribution in [2.45, 2.75) is 147 Å². The van der Waals surface area contributed by atoms with Gasteiger partial charge < -0.3 is 72.3 Å². The van der Waals surface area contributed by atoms with E-state index < -0.39 is 11.8 Å². The summed E-state index contributed by atoms with van der Waals surface area (Å²) in [6.07, 6.45) is 14.7. The number of aromatic nitrogens is 6. The molecule has 0 radical (unpaired) electrons. The summed E-state index contributed by atoms with van der Waals surface area (Å²) in [6.45, 7) is 12.5. The van der Waals surface area contributed by atoms with Gasteiger partial charge in [0.25, 0.3) is 17.7 Å². The number of aryl methyl sites for hydroxylation is 4. The monoisotopic (exact) mass is 1440 g/mol. The van der Waals surface area contributed by atoms with Gasteiger partial charge in [-0.2, -0.15) is 20.0 Å². The Morgan fingerprint density at radius 2 is 1.08 bits per heavy atom. The number of alkyl halides is 1. The number of furan rings is 3. The van der Waals surface area contributed by atoms with Gasteiger partial charge in [0.2, 0.25) is 0 Å². The van der Waals surface area contributed by atoms with Crippen LogP contribution in [0.4, 0.5) is 18.8 Å². The van der Waals surface area contributed by atoms with Gasteiger partial charge in [-0.3, -0.25) is 23.7 Å². The third-order valence-electron chi connectivity index (χ3n) is 21.2. The zero-order valence-corrected chi connectivity index (χ0v) is 59.9. The third kappa shape index (κ3) is 15.1. The lowest BCUT2D eigenvalue weighted by Gasteiger charge is -2.43. The number of nitrogens with one attached hydrogen (secondary N) is 3. The maximum atomic E-state index is 15.4. The maximum absolute atomic E-state index is 15.4. The Hall–Kier alpha value is -9.90. The van der Waals surface area contributed by atoms with Crippen LogP contribution in [0.5, 0.6) is 0 Å². The highest BCUT2D eigenvalue weighted by Gasteiger charge is 2.53.